The maximum atomic E-state index is 13.3. The summed E-state index contributed by atoms with van der Waals surface area (Å²) < 4.78 is 1.91. The van der Waals surface area contributed by atoms with Crippen LogP contribution in [0.2, 0.25) is 5.02 Å². The Morgan fingerprint density at radius 3 is 2.77 bits per heavy atom. The van der Waals surface area contributed by atoms with Gasteiger partial charge < -0.3 is 10.6 Å². The smallest absolute Gasteiger partial charge is 0.259 e. The zero-order valence-electron chi connectivity index (χ0n) is 17.4. The van der Waals surface area contributed by atoms with Crippen molar-refractivity contribution in [2.45, 2.75) is 39.0 Å². The van der Waals surface area contributed by atoms with Crippen LogP contribution in [0.25, 0.3) is 5.69 Å². The summed E-state index contributed by atoms with van der Waals surface area (Å²) in [6.07, 6.45) is 4.56. The first kappa shape index (κ1) is 20.6. The van der Waals surface area contributed by atoms with Crippen molar-refractivity contribution in [1.29, 1.82) is 0 Å². The van der Waals surface area contributed by atoms with Gasteiger partial charge in [0, 0.05) is 16.6 Å². The molecule has 0 bridgehead atoms. The number of carbonyl (C=O) groups excluding carboxylic acids is 1. The number of carbonyl (C=O) groups is 1. The number of aromatic nitrogens is 2. The van der Waals surface area contributed by atoms with Gasteiger partial charge in [0.15, 0.2) is 0 Å². The fraction of sp³-hybridized carbons (Fsp3) is 0.333. The Bertz CT molecular complexity index is 1050. The number of rotatable bonds is 5. The van der Waals surface area contributed by atoms with Crippen LogP contribution >= 0.6 is 11.6 Å². The van der Waals surface area contributed by atoms with Gasteiger partial charge in [-0.25, -0.2) is 4.68 Å². The molecular formula is C24H27ClN4O. The van der Waals surface area contributed by atoms with Crippen molar-refractivity contribution in [1.82, 2.24) is 15.1 Å². The van der Waals surface area contributed by atoms with Crippen LogP contribution in [0, 0.1) is 6.92 Å². The fourth-order valence-electron chi connectivity index (χ4n) is 4.11. The lowest BCUT2D eigenvalue weighted by molar-refractivity contribution is 0.102. The number of aryl methyl sites for hydroxylation is 1. The van der Waals surface area contributed by atoms with Crippen LogP contribution < -0.4 is 10.6 Å². The number of hydrogen-bond donors (Lipinski definition) is 2. The summed E-state index contributed by atoms with van der Waals surface area (Å²) in [6, 6.07) is 13.8. The zero-order valence-corrected chi connectivity index (χ0v) is 18.2. The molecule has 0 radical (unpaired) electrons. The van der Waals surface area contributed by atoms with Gasteiger partial charge >= 0.3 is 0 Å². The van der Waals surface area contributed by atoms with Crippen LogP contribution in [0.1, 0.15) is 52.9 Å². The van der Waals surface area contributed by atoms with E-state index in [2.05, 4.69) is 28.7 Å². The molecule has 1 aliphatic heterocycles. The summed E-state index contributed by atoms with van der Waals surface area (Å²) in [6.45, 7) is 5.96. The van der Waals surface area contributed by atoms with Crippen molar-refractivity contribution in [3.8, 4) is 5.69 Å². The predicted octanol–water partition coefficient (Wildman–Crippen LogP) is 5.12. The second kappa shape index (κ2) is 9.02. The highest BCUT2D eigenvalue weighted by Gasteiger charge is 2.27. The third-order valence-corrected chi connectivity index (χ3v) is 6.25. The highest BCUT2D eigenvalue weighted by Crippen LogP contribution is 2.32. The minimum absolute atomic E-state index is 0.122. The van der Waals surface area contributed by atoms with Crippen molar-refractivity contribution in [3.63, 3.8) is 0 Å². The predicted molar refractivity (Wildman–Crippen MR) is 122 cm³/mol. The first-order valence-corrected chi connectivity index (χ1v) is 10.9. The molecule has 1 saturated heterocycles. The van der Waals surface area contributed by atoms with Gasteiger partial charge in [-0.2, -0.15) is 5.10 Å². The van der Waals surface area contributed by atoms with E-state index in [0.29, 0.717) is 10.6 Å². The molecule has 1 aromatic heterocycles. The number of hydrogen-bond acceptors (Lipinski definition) is 3. The standard InChI is InChI=1S/C24H27ClN4O/c1-3-17-6-4-7-19(14-17)28-24(30)20-15-27-29(22-9-5-8-21(25)16(22)2)23(20)18-10-12-26-13-11-18/h4-9,14-15,18,26H,3,10-13H2,1-2H3,(H,28,30). The number of piperidine rings is 1. The normalized spacial score (nSPS) is 14.6. The van der Waals surface area contributed by atoms with Crippen molar-refractivity contribution in [2.75, 3.05) is 18.4 Å². The molecule has 3 aromatic rings. The molecule has 6 heteroatoms. The maximum Gasteiger partial charge on any atom is 0.259 e. The van der Waals surface area contributed by atoms with Crippen LogP contribution in [-0.4, -0.2) is 28.8 Å². The van der Waals surface area contributed by atoms with Crippen LogP contribution in [0.3, 0.4) is 0 Å². The lowest BCUT2D eigenvalue weighted by atomic mass is 9.91. The molecule has 156 valence electrons. The Hall–Kier alpha value is -2.63. The highest BCUT2D eigenvalue weighted by molar-refractivity contribution is 6.31. The van der Waals surface area contributed by atoms with E-state index in [9.17, 15) is 4.79 Å². The number of anilines is 1. The van der Waals surface area contributed by atoms with Crippen molar-refractivity contribution < 1.29 is 4.79 Å². The van der Waals surface area contributed by atoms with E-state index < -0.39 is 0 Å². The SMILES string of the molecule is CCc1cccc(NC(=O)c2cnn(-c3cccc(Cl)c3C)c2C2CCNCC2)c1. The second-order valence-corrected chi connectivity index (χ2v) is 8.18. The Balaban J connectivity index is 1.74. The number of nitrogens with one attached hydrogen (secondary N) is 2. The molecule has 2 N–H and O–H groups in total. The van der Waals surface area contributed by atoms with Crippen LogP contribution in [0.4, 0.5) is 5.69 Å². The molecule has 0 unspecified atom stereocenters. The molecule has 30 heavy (non-hydrogen) atoms. The van der Waals surface area contributed by atoms with Crippen LogP contribution in [0.5, 0.6) is 0 Å². The first-order chi connectivity index (χ1) is 14.6. The Labute approximate surface area is 182 Å². The molecule has 1 fully saturated rings. The molecule has 2 aromatic carbocycles. The van der Waals surface area contributed by atoms with Gasteiger partial charge in [0.25, 0.3) is 5.91 Å². The molecule has 4 rings (SSSR count). The third kappa shape index (κ3) is 4.13. The fourth-order valence-corrected chi connectivity index (χ4v) is 4.28. The zero-order chi connectivity index (χ0) is 21.1. The van der Waals surface area contributed by atoms with Gasteiger partial charge in [-0.05, 0) is 74.7 Å². The summed E-state index contributed by atoms with van der Waals surface area (Å²) in [4.78, 5) is 13.3. The molecule has 0 saturated carbocycles. The molecule has 0 atom stereocenters. The number of nitrogens with zero attached hydrogens (tertiary/aromatic N) is 2. The second-order valence-electron chi connectivity index (χ2n) is 7.77. The Kier molecular flexibility index (Phi) is 6.21. The van der Waals surface area contributed by atoms with E-state index in [1.54, 1.807) is 6.20 Å². The monoisotopic (exact) mass is 422 g/mol. The third-order valence-electron chi connectivity index (χ3n) is 5.84. The van der Waals surface area contributed by atoms with E-state index in [4.69, 9.17) is 11.6 Å². The van der Waals surface area contributed by atoms with E-state index in [0.717, 1.165) is 55.0 Å². The lowest BCUT2D eigenvalue weighted by Crippen LogP contribution is -2.29. The average molecular weight is 423 g/mol. The quantitative estimate of drug-likeness (QED) is 0.600. The Morgan fingerprint density at radius 2 is 2.00 bits per heavy atom. The molecule has 0 spiro atoms. The van der Waals surface area contributed by atoms with Gasteiger partial charge in [0.1, 0.15) is 0 Å². The van der Waals surface area contributed by atoms with Gasteiger partial charge in [0.05, 0.1) is 23.1 Å². The number of amides is 1. The van der Waals surface area contributed by atoms with Gasteiger partial charge in [0.2, 0.25) is 0 Å². The van der Waals surface area contributed by atoms with Crippen molar-refractivity contribution >= 4 is 23.2 Å². The van der Waals surface area contributed by atoms with E-state index in [-0.39, 0.29) is 11.8 Å². The molecule has 5 nitrogen and oxygen atoms in total. The topological polar surface area (TPSA) is 59.0 Å². The average Bonchev–Trinajstić information content (AvgIpc) is 3.21. The molecule has 1 amide bonds. The minimum atomic E-state index is -0.122. The molecular weight excluding hydrogens is 396 g/mol. The van der Waals surface area contributed by atoms with Crippen LogP contribution in [-0.2, 0) is 6.42 Å². The summed E-state index contributed by atoms with van der Waals surface area (Å²) in [5.41, 5.74) is 5.47. The van der Waals surface area contributed by atoms with Gasteiger partial charge in [-0.3, -0.25) is 4.79 Å². The van der Waals surface area contributed by atoms with Gasteiger partial charge in [-0.1, -0.05) is 36.7 Å². The van der Waals surface area contributed by atoms with Gasteiger partial charge in [-0.15, -0.1) is 0 Å². The largest absolute Gasteiger partial charge is 0.322 e. The highest BCUT2D eigenvalue weighted by atomic mass is 35.5. The summed E-state index contributed by atoms with van der Waals surface area (Å²) in [5.74, 6) is 0.137. The van der Waals surface area contributed by atoms with E-state index in [1.165, 1.54) is 5.56 Å². The first-order valence-electron chi connectivity index (χ1n) is 10.5. The van der Waals surface area contributed by atoms with Crippen molar-refractivity contribution in [3.05, 3.63) is 76.1 Å². The Morgan fingerprint density at radius 1 is 1.23 bits per heavy atom. The molecule has 0 aliphatic carbocycles. The lowest BCUT2D eigenvalue weighted by Gasteiger charge is -2.25. The summed E-state index contributed by atoms with van der Waals surface area (Å²) in [7, 11) is 0. The van der Waals surface area contributed by atoms with Crippen LogP contribution in [0.15, 0.2) is 48.7 Å². The summed E-state index contributed by atoms with van der Waals surface area (Å²) >= 11 is 6.38. The minimum Gasteiger partial charge on any atom is -0.322 e. The van der Waals surface area contributed by atoms with E-state index in [1.807, 2.05) is 48.0 Å². The summed E-state index contributed by atoms with van der Waals surface area (Å²) in [5, 5.41) is 11.8. The van der Waals surface area contributed by atoms with E-state index >= 15 is 0 Å². The molecule has 2 heterocycles. The molecule has 1 aliphatic rings. The van der Waals surface area contributed by atoms with Crippen molar-refractivity contribution in [2.24, 2.45) is 0 Å². The maximum absolute atomic E-state index is 13.3. The number of benzene rings is 2. The number of halogens is 1.